The van der Waals surface area contributed by atoms with Crippen molar-refractivity contribution in [3.05, 3.63) is 58.6 Å². The molecular weight excluding hydrogens is 510 g/mol. The van der Waals surface area contributed by atoms with E-state index in [1.54, 1.807) is 16.4 Å². The van der Waals surface area contributed by atoms with Crippen LogP contribution in [0.1, 0.15) is 37.3 Å². The molecule has 0 radical (unpaired) electrons. The van der Waals surface area contributed by atoms with E-state index in [0.29, 0.717) is 54.6 Å². The highest BCUT2D eigenvalue weighted by Crippen LogP contribution is 2.38. The van der Waals surface area contributed by atoms with Crippen LogP contribution in [-0.2, 0) is 21.2 Å². The van der Waals surface area contributed by atoms with Gasteiger partial charge in [-0.3, -0.25) is 4.79 Å². The number of carbonyl (C=O) groups is 1. The van der Waals surface area contributed by atoms with Gasteiger partial charge in [-0.05, 0) is 74.7 Å². The van der Waals surface area contributed by atoms with Crippen LogP contribution in [0, 0.1) is 12.3 Å². The van der Waals surface area contributed by atoms with Gasteiger partial charge in [-0.25, -0.2) is 8.42 Å². The molecule has 0 atom stereocenters. The zero-order valence-corrected chi connectivity index (χ0v) is 23.7. The first-order valence-electron chi connectivity index (χ1n) is 13.1. The number of hydrogen-bond donors (Lipinski definition) is 0. The summed E-state index contributed by atoms with van der Waals surface area (Å²) in [4.78, 5) is 17.8. The van der Waals surface area contributed by atoms with Crippen molar-refractivity contribution < 1.29 is 17.9 Å². The summed E-state index contributed by atoms with van der Waals surface area (Å²) >= 11 is 6.18. The first-order chi connectivity index (χ1) is 17.6. The van der Waals surface area contributed by atoms with Gasteiger partial charge in [0.15, 0.2) is 0 Å². The third-order valence-electron chi connectivity index (χ3n) is 7.81. The summed E-state index contributed by atoms with van der Waals surface area (Å²) in [6, 6.07) is 12.7. The summed E-state index contributed by atoms with van der Waals surface area (Å²) in [6.07, 6.45) is 2.33. The largest absolute Gasteiger partial charge is 0.493 e. The quantitative estimate of drug-likeness (QED) is 0.495. The molecule has 2 heterocycles. The number of amides is 1. The maximum atomic E-state index is 13.4. The Morgan fingerprint density at radius 1 is 1.00 bits per heavy atom. The molecule has 37 heavy (non-hydrogen) atoms. The molecule has 2 aliphatic heterocycles. The minimum atomic E-state index is -3.59. The van der Waals surface area contributed by atoms with E-state index in [1.165, 1.54) is 0 Å². The van der Waals surface area contributed by atoms with Gasteiger partial charge in [-0.2, -0.15) is 4.31 Å². The van der Waals surface area contributed by atoms with Crippen LogP contribution in [0.2, 0.25) is 5.02 Å². The predicted octanol–water partition coefficient (Wildman–Crippen LogP) is 4.22. The zero-order valence-electron chi connectivity index (χ0n) is 22.1. The molecule has 0 unspecified atom stereocenters. The molecule has 0 aliphatic carbocycles. The fourth-order valence-electron chi connectivity index (χ4n) is 5.05. The maximum absolute atomic E-state index is 13.4. The van der Waals surface area contributed by atoms with E-state index in [1.807, 2.05) is 49.1 Å². The Hall–Kier alpha value is -2.13. The summed E-state index contributed by atoms with van der Waals surface area (Å²) < 4.78 is 34.5. The van der Waals surface area contributed by atoms with Crippen LogP contribution in [-0.4, -0.2) is 81.4 Å². The van der Waals surface area contributed by atoms with E-state index in [9.17, 15) is 13.2 Å². The number of piperazine rings is 1. The van der Waals surface area contributed by atoms with Gasteiger partial charge in [0.1, 0.15) is 5.75 Å². The predicted molar refractivity (Wildman–Crippen MR) is 147 cm³/mol. The molecule has 0 saturated carbocycles. The lowest BCUT2D eigenvalue weighted by Crippen LogP contribution is -2.51. The lowest BCUT2D eigenvalue weighted by Gasteiger charge is -2.42. The number of carbonyl (C=O) groups excluding carboxylic acids is 1. The van der Waals surface area contributed by atoms with Crippen molar-refractivity contribution in [1.82, 2.24) is 14.1 Å². The number of piperidine rings is 1. The number of rotatable bonds is 8. The van der Waals surface area contributed by atoms with Crippen molar-refractivity contribution in [3.8, 4) is 5.75 Å². The number of sulfonamides is 1. The Kier molecular flexibility index (Phi) is 8.84. The molecule has 7 nitrogen and oxygen atoms in total. The van der Waals surface area contributed by atoms with Crippen LogP contribution in [0.4, 0.5) is 0 Å². The molecule has 0 N–H and O–H groups in total. The number of halogens is 1. The second kappa shape index (κ2) is 11.7. The molecule has 9 heteroatoms. The van der Waals surface area contributed by atoms with Gasteiger partial charge in [-0.1, -0.05) is 30.7 Å². The van der Waals surface area contributed by atoms with Crippen LogP contribution >= 0.6 is 11.6 Å². The second-order valence-electron chi connectivity index (χ2n) is 10.5. The summed E-state index contributed by atoms with van der Waals surface area (Å²) in [5, 5.41) is 0.679. The van der Waals surface area contributed by atoms with Crippen LogP contribution in [0.5, 0.6) is 5.75 Å². The Bertz CT molecular complexity index is 1190. The Balaban J connectivity index is 1.49. The van der Waals surface area contributed by atoms with Crippen LogP contribution < -0.4 is 4.74 Å². The highest BCUT2D eigenvalue weighted by atomic mass is 35.5. The number of benzene rings is 2. The third kappa shape index (κ3) is 6.66. The van der Waals surface area contributed by atoms with Gasteiger partial charge < -0.3 is 14.5 Å². The van der Waals surface area contributed by atoms with E-state index in [-0.39, 0.29) is 5.91 Å². The first-order valence-corrected chi connectivity index (χ1v) is 14.9. The standard InChI is InChI=1S/C28H38ClN3O4S/c1-4-23-5-8-25(9-6-23)37(34,35)32-13-11-28(12-14-32,20-27(33)31-17-15-30(3)16-18-31)21-36-24-7-10-26(29)22(2)19-24/h5-10,19H,4,11-18,20-21H2,1-3H3. The summed E-state index contributed by atoms with van der Waals surface area (Å²) in [5.41, 5.74) is 1.59. The molecule has 202 valence electrons. The van der Waals surface area contributed by atoms with E-state index in [4.69, 9.17) is 16.3 Å². The lowest BCUT2D eigenvalue weighted by atomic mass is 9.76. The van der Waals surface area contributed by atoms with Crippen LogP contribution in [0.15, 0.2) is 47.4 Å². The molecule has 2 aromatic rings. The molecule has 0 bridgehead atoms. The number of likely N-dealkylation sites (N-methyl/N-ethyl adjacent to an activating group) is 1. The smallest absolute Gasteiger partial charge is 0.243 e. The highest BCUT2D eigenvalue weighted by molar-refractivity contribution is 7.89. The van der Waals surface area contributed by atoms with Gasteiger partial charge in [0.25, 0.3) is 0 Å². The molecule has 2 fully saturated rings. The van der Waals surface area contributed by atoms with Crippen molar-refractivity contribution >= 4 is 27.5 Å². The first kappa shape index (κ1) is 27.9. The van der Waals surface area contributed by atoms with Crippen LogP contribution in [0.3, 0.4) is 0 Å². The fourth-order valence-corrected chi connectivity index (χ4v) is 6.61. The topological polar surface area (TPSA) is 70.2 Å². The van der Waals surface area contributed by atoms with Gasteiger partial charge in [-0.15, -0.1) is 0 Å². The highest BCUT2D eigenvalue weighted by Gasteiger charge is 2.41. The van der Waals surface area contributed by atoms with E-state index >= 15 is 0 Å². The molecule has 4 rings (SSSR count). The second-order valence-corrected chi connectivity index (χ2v) is 12.8. The molecule has 2 aromatic carbocycles. The van der Waals surface area contributed by atoms with Crippen LogP contribution in [0.25, 0.3) is 0 Å². The van der Waals surface area contributed by atoms with Gasteiger partial charge >= 0.3 is 0 Å². The lowest BCUT2D eigenvalue weighted by molar-refractivity contribution is -0.136. The van der Waals surface area contributed by atoms with Crippen molar-refractivity contribution in [2.45, 2.75) is 44.4 Å². The number of aryl methyl sites for hydroxylation is 2. The van der Waals surface area contributed by atoms with E-state index < -0.39 is 15.4 Å². The number of hydrogen-bond acceptors (Lipinski definition) is 5. The average Bonchev–Trinajstić information content (AvgIpc) is 2.90. The third-order valence-corrected chi connectivity index (χ3v) is 10.1. The van der Waals surface area contributed by atoms with Crippen molar-refractivity contribution in [2.24, 2.45) is 5.41 Å². The summed E-state index contributed by atoms with van der Waals surface area (Å²) in [5.74, 6) is 0.829. The van der Waals surface area contributed by atoms with Crippen molar-refractivity contribution in [3.63, 3.8) is 0 Å². The molecule has 2 aliphatic rings. The van der Waals surface area contributed by atoms with Gasteiger partial charge in [0.05, 0.1) is 11.5 Å². The minimum absolute atomic E-state index is 0.121. The van der Waals surface area contributed by atoms with Crippen molar-refractivity contribution in [1.29, 1.82) is 0 Å². The normalized spacial score (nSPS) is 19.1. The Morgan fingerprint density at radius 2 is 1.65 bits per heavy atom. The zero-order chi connectivity index (χ0) is 26.6. The Labute approximate surface area is 226 Å². The minimum Gasteiger partial charge on any atom is -0.493 e. The van der Waals surface area contributed by atoms with Crippen molar-refractivity contribution in [2.75, 3.05) is 52.9 Å². The fraction of sp³-hybridized carbons (Fsp3) is 0.536. The van der Waals surface area contributed by atoms with Gasteiger partial charge in [0.2, 0.25) is 15.9 Å². The number of nitrogens with zero attached hydrogens (tertiary/aromatic N) is 3. The Morgan fingerprint density at radius 3 is 2.24 bits per heavy atom. The molecular formula is C28H38ClN3O4S. The molecule has 0 aromatic heterocycles. The number of ether oxygens (including phenoxy) is 1. The maximum Gasteiger partial charge on any atom is 0.243 e. The monoisotopic (exact) mass is 547 g/mol. The SMILES string of the molecule is CCc1ccc(S(=O)(=O)N2CCC(COc3ccc(Cl)c(C)c3)(CC(=O)N3CCN(C)CC3)CC2)cc1. The molecule has 2 saturated heterocycles. The molecule has 1 amide bonds. The van der Waals surface area contributed by atoms with E-state index in [0.717, 1.165) is 43.7 Å². The summed E-state index contributed by atoms with van der Waals surface area (Å²) in [7, 11) is -1.53. The molecule has 0 spiro atoms. The van der Waals surface area contributed by atoms with E-state index in [2.05, 4.69) is 11.9 Å². The summed E-state index contributed by atoms with van der Waals surface area (Å²) in [6.45, 7) is 8.21. The average molecular weight is 548 g/mol. The van der Waals surface area contributed by atoms with Gasteiger partial charge in [0, 0.05) is 56.1 Å².